The van der Waals surface area contributed by atoms with Gasteiger partial charge in [-0.3, -0.25) is 9.69 Å². The smallest absolute Gasteiger partial charge is 0.294 e. The van der Waals surface area contributed by atoms with E-state index in [0.29, 0.717) is 4.60 Å². The fourth-order valence-corrected chi connectivity index (χ4v) is 2.40. The standard InChI is InChI=1S/C8H7BrFN3O3S/c9-6-2-12-7(3-11-6)13-4-5(1-8(13)14)17(10,15)16/h2-3,5H,1,4H2. The third-order valence-electron chi connectivity index (χ3n) is 2.37. The number of nitrogens with zero attached hydrogens (tertiary/aromatic N) is 3. The van der Waals surface area contributed by atoms with Crippen molar-refractivity contribution < 1.29 is 17.1 Å². The van der Waals surface area contributed by atoms with E-state index < -0.39 is 21.4 Å². The van der Waals surface area contributed by atoms with Crippen molar-refractivity contribution in [2.24, 2.45) is 0 Å². The molecule has 0 radical (unpaired) electrons. The lowest BCUT2D eigenvalue weighted by atomic mass is 10.4. The van der Waals surface area contributed by atoms with Gasteiger partial charge in [-0.05, 0) is 15.9 Å². The fraction of sp³-hybridized carbons (Fsp3) is 0.375. The van der Waals surface area contributed by atoms with Crippen LogP contribution in [0.3, 0.4) is 0 Å². The van der Waals surface area contributed by atoms with E-state index in [9.17, 15) is 17.1 Å². The first kappa shape index (κ1) is 12.4. The fourth-order valence-electron chi connectivity index (χ4n) is 1.53. The number of hydrogen-bond acceptors (Lipinski definition) is 5. The maximum atomic E-state index is 12.8. The lowest BCUT2D eigenvalue weighted by molar-refractivity contribution is -0.117. The van der Waals surface area contributed by atoms with Crippen molar-refractivity contribution in [2.75, 3.05) is 11.4 Å². The van der Waals surface area contributed by atoms with Crippen LogP contribution in [0.25, 0.3) is 0 Å². The third-order valence-corrected chi connectivity index (χ3v) is 3.89. The summed E-state index contributed by atoms with van der Waals surface area (Å²) in [6, 6.07) is 0. The largest absolute Gasteiger partial charge is 0.307 e. The van der Waals surface area contributed by atoms with Gasteiger partial charge in [0.1, 0.15) is 9.85 Å². The van der Waals surface area contributed by atoms with Crippen LogP contribution in [0.15, 0.2) is 17.0 Å². The van der Waals surface area contributed by atoms with Gasteiger partial charge in [-0.25, -0.2) is 9.97 Å². The summed E-state index contributed by atoms with van der Waals surface area (Å²) < 4.78 is 34.7. The Morgan fingerprint density at radius 3 is 2.59 bits per heavy atom. The summed E-state index contributed by atoms with van der Waals surface area (Å²) in [6.07, 6.45) is 2.33. The molecule has 17 heavy (non-hydrogen) atoms. The van der Waals surface area contributed by atoms with Crippen LogP contribution < -0.4 is 4.90 Å². The Hall–Kier alpha value is -1.09. The van der Waals surface area contributed by atoms with Crippen molar-refractivity contribution in [2.45, 2.75) is 11.7 Å². The first-order valence-corrected chi connectivity index (χ1v) is 6.83. The van der Waals surface area contributed by atoms with E-state index in [1.807, 2.05) is 0 Å². The van der Waals surface area contributed by atoms with E-state index in [1.54, 1.807) is 0 Å². The Labute approximate surface area is 105 Å². The SMILES string of the molecule is O=C1CC(S(=O)(=O)F)CN1c1cnc(Br)cn1. The van der Waals surface area contributed by atoms with E-state index in [-0.39, 0.29) is 18.8 Å². The predicted octanol–water partition coefficient (Wildman–Crippen LogP) is 0.644. The second kappa shape index (κ2) is 4.30. The quantitative estimate of drug-likeness (QED) is 0.746. The molecule has 0 spiro atoms. The molecule has 92 valence electrons. The van der Waals surface area contributed by atoms with Gasteiger partial charge in [0.05, 0.1) is 12.4 Å². The van der Waals surface area contributed by atoms with Crippen LogP contribution in [0.4, 0.5) is 9.70 Å². The molecule has 9 heteroatoms. The maximum Gasteiger partial charge on any atom is 0.307 e. The first-order valence-electron chi connectivity index (χ1n) is 4.59. The zero-order valence-corrected chi connectivity index (χ0v) is 10.8. The monoisotopic (exact) mass is 323 g/mol. The number of rotatable bonds is 2. The number of anilines is 1. The first-order chi connectivity index (χ1) is 7.88. The Balaban J connectivity index is 2.24. The molecular formula is C8H7BrFN3O3S. The van der Waals surface area contributed by atoms with E-state index in [0.717, 1.165) is 4.90 Å². The van der Waals surface area contributed by atoms with Gasteiger partial charge in [0.15, 0.2) is 5.82 Å². The summed E-state index contributed by atoms with van der Waals surface area (Å²) in [5, 5.41) is -1.32. The highest BCUT2D eigenvalue weighted by atomic mass is 79.9. The van der Waals surface area contributed by atoms with Crippen LogP contribution in [-0.2, 0) is 15.0 Å². The van der Waals surface area contributed by atoms with Gasteiger partial charge in [0, 0.05) is 13.0 Å². The number of carbonyl (C=O) groups excluding carboxylic acids is 1. The average Bonchev–Trinajstić information content (AvgIpc) is 2.61. The number of halogens is 2. The molecule has 1 fully saturated rings. The molecule has 2 heterocycles. The van der Waals surface area contributed by atoms with Gasteiger partial charge >= 0.3 is 10.2 Å². The van der Waals surface area contributed by atoms with Gasteiger partial charge in [0.2, 0.25) is 5.91 Å². The Morgan fingerprint density at radius 1 is 1.41 bits per heavy atom. The molecule has 1 aliphatic heterocycles. The van der Waals surface area contributed by atoms with Crippen molar-refractivity contribution in [3.8, 4) is 0 Å². The molecule has 1 amide bonds. The molecule has 1 aromatic heterocycles. The molecule has 0 aliphatic carbocycles. The number of aromatic nitrogens is 2. The van der Waals surface area contributed by atoms with Crippen molar-refractivity contribution in [3.05, 3.63) is 17.0 Å². The van der Waals surface area contributed by atoms with Crippen LogP contribution in [-0.4, -0.2) is 36.1 Å². The van der Waals surface area contributed by atoms with Crippen molar-refractivity contribution >= 4 is 37.9 Å². The third kappa shape index (κ3) is 2.60. The second-order valence-corrected chi connectivity index (χ2v) is 5.93. The molecule has 1 aromatic rings. The van der Waals surface area contributed by atoms with Crippen molar-refractivity contribution in [1.29, 1.82) is 0 Å². The van der Waals surface area contributed by atoms with E-state index in [1.165, 1.54) is 12.4 Å². The van der Waals surface area contributed by atoms with Gasteiger partial charge in [-0.2, -0.15) is 8.42 Å². The van der Waals surface area contributed by atoms with Crippen LogP contribution in [0, 0.1) is 0 Å². The van der Waals surface area contributed by atoms with Crippen molar-refractivity contribution in [3.63, 3.8) is 0 Å². The van der Waals surface area contributed by atoms with Gasteiger partial charge < -0.3 is 0 Å². The highest BCUT2D eigenvalue weighted by Gasteiger charge is 2.39. The highest BCUT2D eigenvalue weighted by Crippen LogP contribution is 2.24. The zero-order valence-electron chi connectivity index (χ0n) is 8.38. The summed E-state index contributed by atoms with van der Waals surface area (Å²) in [4.78, 5) is 20.4. The topological polar surface area (TPSA) is 80.2 Å². The molecule has 6 nitrogen and oxygen atoms in total. The average molecular weight is 324 g/mol. The molecule has 1 unspecified atom stereocenters. The molecule has 0 N–H and O–H groups in total. The molecule has 1 aliphatic rings. The van der Waals surface area contributed by atoms with E-state index in [2.05, 4.69) is 25.9 Å². The number of hydrogen-bond donors (Lipinski definition) is 0. The van der Waals surface area contributed by atoms with Gasteiger partial charge in [-0.15, -0.1) is 3.89 Å². The second-order valence-electron chi connectivity index (χ2n) is 3.50. The van der Waals surface area contributed by atoms with Gasteiger partial charge in [-0.1, -0.05) is 0 Å². The number of amides is 1. The lowest BCUT2D eigenvalue weighted by Crippen LogP contribution is -2.27. The minimum atomic E-state index is -4.70. The van der Waals surface area contributed by atoms with Gasteiger partial charge in [0.25, 0.3) is 0 Å². The Kier molecular flexibility index (Phi) is 3.13. The van der Waals surface area contributed by atoms with Crippen LogP contribution >= 0.6 is 15.9 Å². The molecule has 1 atom stereocenters. The summed E-state index contributed by atoms with van der Waals surface area (Å²) in [6.45, 7) is -0.228. The van der Waals surface area contributed by atoms with Crippen LogP contribution in [0.2, 0.25) is 0 Å². The predicted molar refractivity (Wildman–Crippen MR) is 60.5 cm³/mol. The molecule has 0 aromatic carbocycles. The number of carbonyl (C=O) groups is 1. The van der Waals surface area contributed by atoms with Crippen LogP contribution in [0.1, 0.15) is 6.42 Å². The van der Waals surface area contributed by atoms with E-state index >= 15 is 0 Å². The minimum absolute atomic E-state index is 0.212. The molecule has 2 rings (SSSR count). The summed E-state index contributed by atoms with van der Waals surface area (Å²) in [5.74, 6) is -0.266. The molecule has 0 bridgehead atoms. The Bertz CT molecular complexity index is 548. The van der Waals surface area contributed by atoms with E-state index in [4.69, 9.17) is 0 Å². The van der Waals surface area contributed by atoms with Crippen molar-refractivity contribution in [1.82, 2.24) is 9.97 Å². The lowest BCUT2D eigenvalue weighted by Gasteiger charge is -2.13. The molecule has 1 saturated heterocycles. The van der Waals surface area contributed by atoms with Crippen LogP contribution in [0.5, 0.6) is 0 Å². The Morgan fingerprint density at radius 2 is 2.12 bits per heavy atom. The maximum absolute atomic E-state index is 12.8. The summed E-state index contributed by atoms with van der Waals surface area (Å²) >= 11 is 3.08. The normalized spacial score (nSPS) is 20.9. The zero-order chi connectivity index (χ0) is 12.6. The summed E-state index contributed by atoms with van der Waals surface area (Å²) in [7, 11) is -4.70. The highest BCUT2D eigenvalue weighted by molar-refractivity contribution is 9.10. The summed E-state index contributed by atoms with van der Waals surface area (Å²) in [5.41, 5.74) is 0. The minimum Gasteiger partial charge on any atom is -0.294 e. The molecule has 0 saturated carbocycles. The molecular weight excluding hydrogens is 317 g/mol.